The molecule has 1 aliphatic carbocycles. The van der Waals surface area contributed by atoms with Crippen molar-refractivity contribution < 1.29 is 14.7 Å². The summed E-state index contributed by atoms with van der Waals surface area (Å²) in [5.74, 6) is -1.36. The number of hydrogen-bond donors (Lipinski definition) is 2. The second-order valence-electron chi connectivity index (χ2n) is 5.10. The fourth-order valence-electron chi connectivity index (χ4n) is 2.19. The number of benzene rings is 1. The van der Waals surface area contributed by atoms with E-state index in [1.54, 1.807) is 24.1 Å². The number of nitrogens with zero attached hydrogens (tertiary/aromatic N) is 1. The molecule has 2 rings (SSSR count). The van der Waals surface area contributed by atoms with Crippen LogP contribution in [0.2, 0.25) is 0 Å². The molecule has 5 nitrogen and oxygen atoms in total. The number of amides is 2. The van der Waals surface area contributed by atoms with Gasteiger partial charge in [0.1, 0.15) is 0 Å². The minimum atomic E-state index is -0.855. The minimum absolute atomic E-state index is 0.210. The summed E-state index contributed by atoms with van der Waals surface area (Å²) in [6.07, 6.45) is 3.78. The van der Waals surface area contributed by atoms with Crippen LogP contribution < -0.4 is 5.32 Å². The van der Waals surface area contributed by atoms with E-state index in [1.165, 1.54) is 0 Å². The van der Waals surface area contributed by atoms with Gasteiger partial charge in [0.15, 0.2) is 0 Å². The molecule has 2 unspecified atom stereocenters. The number of carboxylic acids is 1. The van der Waals surface area contributed by atoms with Crippen LogP contribution in [0.5, 0.6) is 0 Å². The SMILES string of the molecule is CN(Cc1ccc(Br)cc1)C(=O)NC1C=CC(C(=O)O)C1. The number of hydrogen-bond acceptors (Lipinski definition) is 2. The van der Waals surface area contributed by atoms with Gasteiger partial charge in [-0.05, 0) is 24.1 Å². The molecule has 1 aliphatic rings. The maximum atomic E-state index is 12.1. The Morgan fingerprint density at radius 2 is 2.00 bits per heavy atom. The summed E-state index contributed by atoms with van der Waals surface area (Å²) in [5.41, 5.74) is 1.03. The molecule has 2 N–H and O–H groups in total. The van der Waals surface area contributed by atoms with Gasteiger partial charge in [0, 0.05) is 18.1 Å². The third kappa shape index (κ3) is 4.32. The van der Waals surface area contributed by atoms with Crippen LogP contribution in [-0.4, -0.2) is 35.1 Å². The normalized spacial score (nSPS) is 20.3. The van der Waals surface area contributed by atoms with Gasteiger partial charge in [-0.1, -0.05) is 40.2 Å². The number of halogens is 1. The number of rotatable bonds is 4. The van der Waals surface area contributed by atoms with Crippen molar-refractivity contribution in [2.75, 3.05) is 7.05 Å². The first-order chi connectivity index (χ1) is 9.95. The zero-order valence-corrected chi connectivity index (χ0v) is 13.2. The van der Waals surface area contributed by atoms with Gasteiger partial charge in [0.25, 0.3) is 0 Å². The van der Waals surface area contributed by atoms with Crippen molar-refractivity contribution in [1.82, 2.24) is 10.2 Å². The maximum Gasteiger partial charge on any atom is 0.317 e. The van der Waals surface area contributed by atoms with Crippen molar-refractivity contribution in [2.24, 2.45) is 5.92 Å². The van der Waals surface area contributed by atoms with Gasteiger partial charge in [-0.15, -0.1) is 0 Å². The van der Waals surface area contributed by atoms with Crippen LogP contribution in [0.25, 0.3) is 0 Å². The Kier molecular flexibility index (Phi) is 5.01. The number of nitrogens with one attached hydrogen (secondary N) is 1. The lowest BCUT2D eigenvalue weighted by atomic mass is 10.1. The van der Waals surface area contributed by atoms with Gasteiger partial charge in [0.2, 0.25) is 0 Å². The van der Waals surface area contributed by atoms with Crippen molar-refractivity contribution >= 4 is 27.9 Å². The van der Waals surface area contributed by atoms with Gasteiger partial charge >= 0.3 is 12.0 Å². The van der Waals surface area contributed by atoms with Crippen molar-refractivity contribution in [1.29, 1.82) is 0 Å². The van der Waals surface area contributed by atoms with Crippen LogP contribution >= 0.6 is 15.9 Å². The Hall–Kier alpha value is -1.82. The molecule has 0 heterocycles. The van der Waals surface area contributed by atoms with Crippen LogP contribution in [0.15, 0.2) is 40.9 Å². The molecule has 0 saturated heterocycles. The van der Waals surface area contributed by atoms with Crippen molar-refractivity contribution in [3.05, 3.63) is 46.5 Å². The Morgan fingerprint density at radius 3 is 2.57 bits per heavy atom. The molecule has 0 radical (unpaired) electrons. The standard InChI is InChI=1S/C15H17BrN2O3/c1-18(9-10-2-5-12(16)6-3-10)15(21)17-13-7-4-11(8-13)14(19)20/h2-7,11,13H,8-9H2,1H3,(H,17,21)(H,19,20). The zero-order chi connectivity index (χ0) is 15.4. The summed E-state index contributed by atoms with van der Waals surface area (Å²) in [4.78, 5) is 24.5. The van der Waals surface area contributed by atoms with E-state index >= 15 is 0 Å². The highest BCUT2D eigenvalue weighted by Gasteiger charge is 2.26. The second-order valence-corrected chi connectivity index (χ2v) is 6.02. The lowest BCUT2D eigenvalue weighted by Crippen LogP contribution is -2.41. The van der Waals surface area contributed by atoms with E-state index in [2.05, 4.69) is 21.2 Å². The fraction of sp³-hybridized carbons (Fsp3) is 0.333. The van der Waals surface area contributed by atoms with Crippen LogP contribution in [0.1, 0.15) is 12.0 Å². The van der Waals surface area contributed by atoms with Crippen LogP contribution in [-0.2, 0) is 11.3 Å². The lowest BCUT2D eigenvalue weighted by Gasteiger charge is -2.21. The molecule has 0 saturated carbocycles. The molecule has 2 amide bonds. The monoisotopic (exact) mass is 352 g/mol. The van der Waals surface area contributed by atoms with Crippen LogP contribution in [0.3, 0.4) is 0 Å². The van der Waals surface area contributed by atoms with Crippen LogP contribution in [0, 0.1) is 5.92 Å². The number of urea groups is 1. The molecule has 0 aliphatic heterocycles. The van der Waals surface area contributed by atoms with Crippen molar-refractivity contribution in [3.63, 3.8) is 0 Å². The number of carboxylic acid groups (broad SMARTS) is 1. The van der Waals surface area contributed by atoms with E-state index < -0.39 is 11.9 Å². The van der Waals surface area contributed by atoms with Crippen molar-refractivity contribution in [3.8, 4) is 0 Å². The molecular formula is C15H17BrN2O3. The Balaban J connectivity index is 1.85. The fourth-order valence-corrected chi connectivity index (χ4v) is 2.46. The third-order valence-electron chi connectivity index (χ3n) is 3.39. The van der Waals surface area contributed by atoms with E-state index in [9.17, 15) is 9.59 Å². The smallest absolute Gasteiger partial charge is 0.317 e. The molecule has 6 heteroatoms. The summed E-state index contributed by atoms with van der Waals surface area (Å²) < 4.78 is 0.995. The van der Waals surface area contributed by atoms with E-state index in [-0.39, 0.29) is 12.1 Å². The summed E-state index contributed by atoms with van der Waals surface area (Å²) >= 11 is 3.37. The average molecular weight is 353 g/mol. The molecule has 0 aromatic heterocycles. The molecule has 2 atom stereocenters. The van der Waals surface area contributed by atoms with Gasteiger partial charge in [-0.3, -0.25) is 4.79 Å². The summed E-state index contributed by atoms with van der Waals surface area (Å²) in [6.45, 7) is 0.498. The molecule has 1 aromatic rings. The Labute approximate surface area is 131 Å². The Morgan fingerprint density at radius 1 is 1.33 bits per heavy atom. The Bertz CT molecular complexity index is 557. The molecule has 0 spiro atoms. The maximum absolute atomic E-state index is 12.1. The van der Waals surface area contributed by atoms with Crippen LogP contribution in [0.4, 0.5) is 4.79 Å². The number of aliphatic carboxylic acids is 1. The summed E-state index contributed by atoms with van der Waals surface area (Å²) in [6, 6.07) is 7.33. The number of carbonyl (C=O) groups excluding carboxylic acids is 1. The van der Waals surface area contributed by atoms with E-state index in [4.69, 9.17) is 5.11 Å². The highest BCUT2D eigenvalue weighted by molar-refractivity contribution is 9.10. The first-order valence-electron chi connectivity index (χ1n) is 6.63. The predicted octanol–water partition coefficient (Wildman–Crippen LogP) is 2.62. The van der Waals surface area contributed by atoms with Gasteiger partial charge in [0.05, 0.1) is 12.0 Å². The third-order valence-corrected chi connectivity index (χ3v) is 3.92. The van der Waals surface area contributed by atoms with Gasteiger partial charge in [-0.2, -0.15) is 0 Å². The predicted molar refractivity (Wildman–Crippen MR) is 82.8 cm³/mol. The quantitative estimate of drug-likeness (QED) is 0.818. The van der Waals surface area contributed by atoms with E-state index in [0.29, 0.717) is 13.0 Å². The van der Waals surface area contributed by atoms with E-state index in [0.717, 1.165) is 10.0 Å². The molecule has 1 aromatic carbocycles. The second kappa shape index (κ2) is 6.76. The van der Waals surface area contributed by atoms with Crippen molar-refractivity contribution in [2.45, 2.75) is 19.0 Å². The first kappa shape index (κ1) is 15.6. The molecule has 0 bridgehead atoms. The lowest BCUT2D eigenvalue weighted by molar-refractivity contribution is -0.140. The molecular weight excluding hydrogens is 336 g/mol. The molecule has 0 fully saturated rings. The average Bonchev–Trinajstić information content (AvgIpc) is 2.90. The summed E-state index contributed by atoms with van der Waals surface area (Å²) in [5, 5.41) is 11.7. The van der Waals surface area contributed by atoms with Gasteiger partial charge < -0.3 is 15.3 Å². The summed E-state index contributed by atoms with van der Waals surface area (Å²) in [7, 11) is 1.71. The highest BCUT2D eigenvalue weighted by Crippen LogP contribution is 2.18. The van der Waals surface area contributed by atoms with E-state index in [1.807, 2.05) is 24.3 Å². The largest absolute Gasteiger partial charge is 0.481 e. The topological polar surface area (TPSA) is 69.6 Å². The first-order valence-corrected chi connectivity index (χ1v) is 7.42. The van der Waals surface area contributed by atoms with Gasteiger partial charge in [-0.25, -0.2) is 4.79 Å². The molecule has 112 valence electrons. The molecule has 21 heavy (non-hydrogen) atoms. The zero-order valence-electron chi connectivity index (χ0n) is 11.6. The number of carbonyl (C=O) groups is 2. The minimum Gasteiger partial charge on any atom is -0.481 e. The highest BCUT2D eigenvalue weighted by atomic mass is 79.9.